The number of carbonyl (C=O) groups is 2. The molecule has 0 saturated heterocycles. The number of rotatable bonds is 8. The lowest BCUT2D eigenvalue weighted by molar-refractivity contribution is -0.129. The normalized spacial score (nSPS) is 10.9. The predicted octanol–water partition coefficient (Wildman–Crippen LogP) is 5.56. The van der Waals surface area contributed by atoms with Gasteiger partial charge in [-0.1, -0.05) is 66.7 Å². The van der Waals surface area contributed by atoms with Crippen LogP contribution in [0.2, 0.25) is 0 Å². The number of aromatic nitrogens is 2. The van der Waals surface area contributed by atoms with Crippen LogP contribution in [-0.2, 0) is 16.1 Å². The number of amides is 2. The Balaban J connectivity index is 1.58. The fourth-order valence-corrected chi connectivity index (χ4v) is 3.81. The number of carbonyl (C=O) groups excluding carboxylic acids is 2. The number of benzene rings is 3. The summed E-state index contributed by atoms with van der Waals surface area (Å²) in [4.78, 5) is 26.4. The molecule has 3 aromatic carbocycles. The summed E-state index contributed by atoms with van der Waals surface area (Å²) in [7, 11) is 0. The lowest BCUT2D eigenvalue weighted by atomic mass is 10.1. The van der Waals surface area contributed by atoms with Crippen molar-refractivity contribution in [2.75, 3.05) is 11.9 Å². The molecule has 0 unspecified atom stereocenters. The Morgan fingerprint density at radius 2 is 1.60 bits per heavy atom. The van der Waals surface area contributed by atoms with Crippen LogP contribution in [0.4, 0.5) is 5.69 Å². The minimum atomic E-state index is -0.255. The van der Waals surface area contributed by atoms with E-state index in [1.807, 2.05) is 103 Å². The molecule has 1 aromatic heterocycles. The molecule has 4 aromatic rings. The van der Waals surface area contributed by atoms with Crippen molar-refractivity contribution < 1.29 is 9.59 Å². The van der Waals surface area contributed by atoms with Crippen LogP contribution in [0.5, 0.6) is 0 Å². The van der Waals surface area contributed by atoms with Gasteiger partial charge in [0.25, 0.3) is 0 Å². The smallest absolute Gasteiger partial charge is 0.248 e. The number of hydrogen-bond acceptors (Lipinski definition) is 3. The van der Waals surface area contributed by atoms with E-state index in [4.69, 9.17) is 5.10 Å². The second kappa shape index (κ2) is 11.1. The molecule has 1 heterocycles. The fraction of sp³-hybridized carbons (Fsp3) is 0.138. The van der Waals surface area contributed by atoms with Crippen molar-refractivity contribution in [3.05, 3.63) is 108 Å². The van der Waals surface area contributed by atoms with Gasteiger partial charge in [0.1, 0.15) is 0 Å². The Hall–Kier alpha value is -4.45. The van der Waals surface area contributed by atoms with Crippen molar-refractivity contribution in [3.63, 3.8) is 0 Å². The number of para-hydroxylation sites is 2. The van der Waals surface area contributed by atoms with Gasteiger partial charge < -0.3 is 10.2 Å². The molecular weight excluding hydrogens is 436 g/mol. The largest absolute Gasteiger partial charge is 0.339 e. The van der Waals surface area contributed by atoms with Gasteiger partial charge >= 0.3 is 0 Å². The summed E-state index contributed by atoms with van der Waals surface area (Å²) in [6, 6.07) is 27.3. The molecule has 2 amide bonds. The van der Waals surface area contributed by atoms with Gasteiger partial charge in [-0.05, 0) is 36.8 Å². The molecule has 0 spiro atoms. The first kappa shape index (κ1) is 23.7. The van der Waals surface area contributed by atoms with E-state index in [1.54, 1.807) is 17.9 Å². The van der Waals surface area contributed by atoms with Gasteiger partial charge in [0.05, 0.1) is 11.4 Å². The predicted molar refractivity (Wildman–Crippen MR) is 140 cm³/mol. The second-order valence-corrected chi connectivity index (χ2v) is 8.09. The highest BCUT2D eigenvalue weighted by Crippen LogP contribution is 2.25. The maximum Gasteiger partial charge on any atom is 0.248 e. The third-order valence-electron chi connectivity index (χ3n) is 5.69. The third-order valence-corrected chi connectivity index (χ3v) is 5.69. The fourth-order valence-electron chi connectivity index (χ4n) is 3.81. The van der Waals surface area contributed by atoms with Crippen molar-refractivity contribution >= 4 is 23.6 Å². The van der Waals surface area contributed by atoms with Gasteiger partial charge in [-0.25, -0.2) is 4.68 Å². The van der Waals surface area contributed by atoms with E-state index < -0.39 is 0 Å². The Labute approximate surface area is 205 Å². The summed E-state index contributed by atoms with van der Waals surface area (Å²) >= 11 is 0. The maximum atomic E-state index is 12.8. The van der Waals surface area contributed by atoms with Crippen LogP contribution in [0.3, 0.4) is 0 Å². The van der Waals surface area contributed by atoms with E-state index in [1.165, 1.54) is 6.08 Å². The first-order valence-electron chi connectivity index (χ1n) is 11.6. The SMILES string of the molecule is CCN(Cc1ccccc1NC(=O)/C=C/c1cn(-c2ccccc2)nc1-c1ccccc1)C(C)=O. The van der Waals surface area contributed by atoms with E-state index in [0.29, 0.717) is 18.8 Å². The third kappa shape index (κ3) is 5.92. The van der Waals surface area contributed by atoms with Gasteiger partial charge in [-0.3, -0.25) is 9.59 Å². The summed E-state index contributed by atoms with van der Waals surface area (Å²) < 4.78 is 1.82. The van der Waals surface area contributed by atoms with E-state index in [2.05, 4.69) is 5.32 Å². The summed E-state index contributed by atoms with van der Waals surface area (Å²) in [5.41, 5.74) is 5.10. The molecule has 4 rings (SSSR count). The molecule has 176 valence electrons. The average Bonchev–Trinajstić information content (AvgIpc) is 3.32. The van der Waals surface area contributed by atoms with Crippen LogP contribution in [0.25, 0.3) is 23.0 Å². The van der Waals surface area contributed by atoms with Gasteiger partial charge in [-0.2, -0.15) is 5.10 Å². The number of nitrogens with zero attached hydrogens (tertiary/aromatic N) is 3. The molecule has 0 aliphatic carbocycles. The van der Waals surface area contributed by atoms with Gasteiger partial charge in [0, 0.05) is 49.1 Å². The zero-order valence-electron chi connectivity index (χ0n) is 19.9. The molecule has 0 bridgehead atoms. The number of hydrogen-bond donors (Lipinski definition) is 1. The molecule has 6 nitrogen and oxygen atoms in total. The highest BCUT2D eigenvalue weighted by atomic mass is 16.2. The van der Waals surface area contributed by atoms with Crippen LogP contribution in [-0.4, -0.2) is 33.0 Å². The summed E-state index contributed by atoms with van der Waals surface area (Å²) in [5, 5.41) is 7.74. The van der Waals surface area contributed by atoms with Gasteiger partial charge in [-0.15, -0.1) is 0 Å². The summed E-state index contributed by atoms with van der Waals surface area (Å²) in [5.74, 6) is -0.257. The van der Waals surface area contributed by atoms with Gasteiger partial charge in [0.2, 0.25) is 11.8 Å². The van der Waals surface area contributed by atoms with Gasteiger partial charge in [0.15, 0.2) is 0 Å². The maximum absolute atomic E-state index is 12.8. The quantitative estimate of drug-likeness (QED) is 0.347. The minimum Gasteiger partial charge on any atom is -0.339 e. The number of nitrogens with one attached hydrogen (secondary N) is 1. The van der Waals surface area contributed by atoms with Crippen molar-refractivity contribution in [3.8, 4) is 16.9 Å². The highest BCUT2D eigenvalue weighted by Gasteiger charge is 2.13. The molecule has 35 heavy (non-hydrogen) atoms. The van der Waals surface area contributed by atoms with Crippen molar-refractivity contribution in [1.82, 2.24) is 14.7 Å². The molecule has 0 fully saturated rings. The first-order valence-corrected chi connectivity index (χ1v) is 11.6. The van der Waals surface area contributed by atoms with Crippen molar-refractivity contribution in [2.24, 2.45) is 0 Å². The molecule has 0 aliphatic heterocycles. The first-order chi connectivity index (χ1) is 17.0. The molecule has 0 radical (unpaired) electrons. The monoisotopic (exact) mass is 464 g/mol. The van der Waals surface area contributed by atoms with Crippen LogP contribution >= 0.6 is 0 Å². The summed E-state index contributed by atoms with van der Waals surface area (Å²) in [6.45, 7) is 4.53. The molecule has 1 N–H and O–H groups in total. The molecule has 0 atom stereocenters. The Bertz CT molecular complexity index is 1330. The lowest BCUT2D eigenvalue weighted by Crippen LogP contribution is -2.28. The van der Waals surface area contributed by atoms with E-state index >= 15 is 0 Å². The van der Waals surface area contributed by atoms with E-state index in [9.17, 15) is 9.59 Å². The van der Waals surface area contributed by atoms with Crippen molar-refractivity contribution in [2.45, 2.75) is 20.4 Å². The van der Waals surface area contributed by atoms with Crippen LogP contribution < -0.4 is 5.32 Å². The summed E-state index contributed by atoms with van der Waals surface area (Å²) in [6.07, 6.45) is 5.21. The Morgan fingerprint density at radius 3 is 2.29 bits per heavy atom. The minimum absolute atomic E-state index is 0.00241. The van der Waals surface area contributed by atoms with E-state index in [-0.39, 0.29) is 11.8 Å². The zero-order valence-corrected chi connectivity index (χ0v) is 19.9. The topological polar surface area (TPSA) is 67.2 Å². The molecular formula is C29H28N4O2. The lowest BCUT2D eigenvalue weighted by Gasteiger charge is -2.20. The average molecular weight is 465 g/mol. The number of anilines is 1. The standard InChI is InChI=1S/C29H28N4O2/c1-3-32(22(2)34)20-24-14-10-11-17-27(24)30-28(35)19-18-25-21-33(26-15-8-5-9-16-26)31-29(25)23-12-6-4-7-13-23/h4-19,21H,3,20H2,1-2H3,(H,30,35)/b19-18+. The van der Waals surface area contributed by atoms with Crippen LogP contribution in [0.1, 0.15) is 25.0 Å². The molecule has 6 heteroatoms. The van der Waals surface area contributed by atoms with Crippen molar-refractivity contribution in [1.29, 1.82) is 0 Å². The highest BCUT2D eigenvalue weighted by molar-refractivity contribution is 6.02. The Morgan fingerprint density at radius 1 is 0.943 bits per heavy atom. The molecule has 0 aliphatic rings. The van der Waals surface area contributed by atoms with Crippen LogP contribution in [0, 0.1) is 0 Å². The zero-order chi connectivity index (χ0) is 24.6. The molecule has 0 saturated carbocycles. The second-order valence-electron chi connectivity index (χ2n) is 8.09. The van der Waals surface area contributed by atoms with Crippen LogP contribution in [0.15, 0.2) is 97.2 Å². The van der Waals surface area contributed by atoms with E-state index in [0.717, 1.165) is 28.1 Å². The Kier molecular flexibility index (Phi) is 7.53.